The van der Waals surface area contributed by atoms with Crippen molar-refractivity contribution < 1.29 is 32.7 Å². The summed E-state index contributed by atoms with van der Waals surface area (Å²) in [5, 5.41) is 0. The molecule has 1 aliphatic heterocycles. The van der Waals surface area contributed by atoms with Crippen molar-refractivity contribution >= 4 is 5.69 Å². The molecule has 2 rings (SSSR count). The Morgan fingerprint density at radius 3 is 2.67 bits per heavy atom. The maximum absolute atomic E-state index is 3.11. The molecule has 1 heterocycles. The minimum absolute atomic E-state index is 0. The summed E-state index contributed by atoms with van der Waals surface area (Å²) in [7, 11) is 2.15. The molecule has 0 N–H and O–H groups in total. The van der Waals surface area contributed by atoms with E-state index >= 15 is 0 Å². The zero-order chi connectivity index (χ0) is 10.4. The second-order valence-electron chi connectivity index (χ2n) is 3.66. The van der Waals surface area contributed by atoms with Crippen molar-refractivity contribution in [3.8, 4) is 0 Å². The SMILES string of the molecule is CN1CCCc2c[c-]ccc21.C[CH-]C.[Y+3]. The van der Waals surface area contributed by atoms with Crippen molar-refractivity contribution in [2.45, 2.75) is 26.7 Å². The number of nitrogens with zero attached hydrogens (tertiary/aromatic N) is 1. The molecule has 0 aromatic heterocycles. The normalized spacial score (nSPS) is 13.1. The van der Waals surface area contributed by atoms with E-state index in [9.17, 15) is 0 Å². The Morgan fingerprint density at radius 2 is 2.07 bits per heavy atom. The number of fused-ring (bicyclic) bond motifs is 1. The maximum atomic E-state index is 3.11. The zero-order valence-electron chi connectivity index (χ0n) is 9.96. The second kappa shape index (κ2) is 8.30. The molecule has 1 aliphatic rings. The van der Waals surface area contributed by atoms with Crippen molar-refractivity contribution in [1.29, 1.82) is 0 Å². The Bertz CT molecular complexity index is 273. The van der Waals surface area contributed by atoms with Gasteiger partial charge >= 0.3 is 32.7 Å². The average Bonchev–Trinajstić information content (AvgIpc) is 2.20. The van der Waals surface area contributed by atoms with E-state index in [1.807, 2.05) is 26.3 Å². The first-order chi connectivity index (χ1) is 6.79. The van der Waals surface area contributed by atoms with Gasteiger partial charge in [-0.1, -0.05) is 12.1 Å². The zero-order valence-corrected chi connectivity index (χ0v) is 12.8. The van der Waals surface area contributed by atoms with Crippen LogP contribution in [-0.2, 0) is 39.1 Å². The van der Waals surface area contributed by atoms with Crippen molar-refractivity contribution in [3.05, 3.63) is 36.2 Å². The molecule has 78 valence electrons. The van der Waals surface area contributed by atoms with E-state index in [0.717, 1.165) is 0 Å². The molecule has 0 spiro atoms. The van der Waals surface area contributed by atoms with E-state index in [1.165, 1.54) is 30.6 Å². The summed E-state index contributed by atoms with van der Waals surface area (Å²) in [4.78, 5) is 2.31. The molecule has 0 unspecified atom stereocenters. The Balaban J connectivity index is 0.000000443. The van der Waals surface area contributed by atoms with Crippen LogP contribution in [0.1, 0.15) is 25.8 Å². The third-order valence-electron chi connectivity index (χ3n) is 2.27. The first kappa shape index (κ1) is 15.1. The van der Waals surface area contributed by atoms with Gasteiger partial charge in [0.25, 0.3) is 0 Å². The average molecular weight is 278 g/mol. The smallest absolute Gasteiger partial charge is 0.396 e. The van der Waals surface area contributed by atoms with Crippen molar-refractivity contribution in [3.63, 3.8) is 0 Å². The number of aryl methyl sites for hydroxylation is 1. The van der Waals surface area contributed by atoms with Gasteiger partial charge in [-0.3, -0.25) is 0 Å². The van der Waals surface area contributed by atoms with Crippen LogP contribution < -0.4 is 4.90 Å². The van der Waals surface area contributed by atoms with Crippen LogP contribution in [-0.4, -0.2) is 13.6 Å². The molecule has 0 radical (unpaired) electrons. The molecule has 0 fully saturated rings. The van der Waals surface area contributed by atoms with Crippen LogP contribution >= 0.6 is 0 Å². The third kappa shape index (κ3) is 4.65. The molecule has 1 nitrogen and oxygen atoms in total. The summed E-state index contributed by atoms with van der Waals surface area (Å²) >= 11 is 0. The molecule has 1 aromatic carbocycles. The fourth-order valence-electron chi connectivity index (χ4n) is 1.66. The molecule has 0 atom stereocenters. The van der Waals surface area contributed by atoms with Gasteiger partial charge in [-0.15, -0.1) is 11.6 Å². The van der Waals surface area contributed by atoms with Crippen LogP contribution in [0.4, 0.5) is 5.69 Å². The van der Waals surface area contributed by atoms with Gasteiger partial charge < -0.3 is 11.3 Å². The van der Waals surface area contributed by atoms with E-state index < -0.39 is 0 Å². The summed E-state index contributed by atoms with van der Waals surface area (Å²) in [5.74, 6) is 0. The molecule has 15 heavy (non-hydrogen) atoms. The maximum Gasteiger partial charge on any atom is 3.00 e. The molecule has 0 saturated heterocycles. The van der Waals surface area contributed by atoms with Gasteiger partial charge in [0.2, 0.25) is 0 Å². The topological polar surface area (TPSA) is 3.24 Å². The van der Waals surface area contributed by atoms with Crippen molar-refractivity contribution in [2.24, 2.45) is 0 Å². The molecular weight excluding hydrogens is 259 g/mol. The second-order valence-corrected chi connectivity index (χ2v) is 3.66. The summed E-state index contributed by atoms with van der Waals surface area (Å²) in [6, 6.07) is 9.35. The summed E-state index contributed by atoms with van der Waals surface area (Å²) in [5.41, 5.74) is 2.83. The Labute approximate surface area is 119 Å². The van der Waals surface area contributed by atoms with E-state index in [2.05, 4.69) is 30.1 Å². The number of hydrogen-bond acceptors (Lipinski definition) is 1. The van der Waals surface area contributed by atoms with E-state index in [-0.39, 0.29) is 32.7 Å². The molecule has 0 amide bonds. The standard InChI is InChI=1S/C10H12N.C3H7.Y/c1-11-8-4-6-9-5-2-3-7-10(9)11;1-3-2;/h3,5,7H,4,6,8H2,1H3;3H,1-2H3;/q2*-1;+3. The van der Waals surface area contributed by atoms with Gasteiger partial charge in [0.15, 0.2) is 0 Å². The number of anilines is 1. The largest absolute Gasteiger partial charge is 3.00 e. The molecule has 2 heteroatoms. The quantitative estimate of drug-likeness (QED) is 0.659. The van der Waals surface area contributed by atoms with Crippen LogP contribution in [0.3, 0.4) is 0 Å². The summed E-state index contributed by atoms with van der Waals surface area (Å²) in [6.07, 6.45) is 4.50. The number of rotatable bonds is 0. The van der Waals surface area contributed by atoms with Crippen LogP contribution in [0.2, 0.25) is 0 Å². The predicted octanol–water partition coefficient (Wildman–Crippen LogP) is 3.10. The molecule has 0 aliphatic carbocycles. The summed E-state index contributed by atoms with van der Waals surface area (Å²) < 4.78 is 0. The van der Waals surface area contributed by atoms with Gasteiger partial charge in [0.05, 0.1) is 0 Å². The van der Waals surface area contributed by atoms with E-state index in [0.29, 0.717) is 0 Å². The number of benzene rings is 1. The fraction of sp³-hybridized carbons (Fsp3) is 0.462. The number of hydrogen-bond donors (Lipinski definition) is 0. The predicted molar refractivity (Wildman–Crippen MR) is 62.5 cm³/mol. The van der Waals surface area contributed by atoms with Crippen molar-refractivity contribution in [1.82, 2.24) is 0 Å². The van der Waals surface area contributed by atoms with Gasteiger partial charge in [0, 0.05) is 13.6 Å². The van der Waals surface area contributed by atoms with Gasteiger partial charge in [0.1, 0.15) is 0 Å². The van der Waals surface area contributed by atoms with Crippen LogP contribution in [0.25, 0.3) is 0 Å². The van der Waals surface area contributed by atoms with E-state index in [1.54, 1.807) is 0 Å². The molecular formula is C13H19NY+. The van der Waals surface area contributed by atoms with Crippen LogP contribution in [0.15, 0.2) is 18.2 Å². The molecule has 0 saturated carbocycles. The van der Waals surface area contributed by atoms with Gasteiger partial charge in [-0.05, 0) is 6.42 Å². The molecule has 1 aromatic rings. The first-order valence-electron chi connectivity index (χ1n) is 5.23. The van der Waals surface area contributed by atoms with Gasteiger partial charge in [-0.2, -0.15) is 32.0 Å². The summed E-state index contributed by atoms with van der Waals surface area (Å²) in [6.45, 7) is 5.19. The van der Waals surface area contributed by atoms with E-state index in [4.69, 9.17) is 0 Å². The Hall–Kier alpha value is 0.124. The molecule has 0 bridgehead atoms. The van der Waals surface area contributed by atoms with Gasteiger partial charge in [-0.25, -0.2) is 0 Å². The third-order valence-corrected chi connectivity index (χ3v) is 2.27. The first-order valence-corrected chi connectivity index (χ1v) is 5.23. The van der Waals surface area contributed by atoms with Crippen LogP contribution in [0, 0.1) is 12.5 Å². The minimum atomic E-state index is 0. The Morgan fingerprint density at radius 1 is 1.40 bits per heavy atom. The van der Waals surface area contributed by atoms with Crippen LogP contribution in [0.5, 0.6) is 0 Å². The minimum Gasteiger partial charge on any atom is -0.396 e. The Kier molecular flexibility index (Phi) is 8.36. The van der Waals surface area contributed by atoms with Crippen molar-refractivity contribution in [2.75, 3.05) is 18.5 Å². The monoisotopic (exact) mass is 278 g/mol. The fourth-order valence-corrected chi connectivity index (χ4v) is 1.66.